The Hall–Kier alpha value is -1.40. The van der Waals surface area contributed by atoms with Crippen molar-refractivity contribution in [2.45, 2.75) is 30.8 Å². The van der Waals surface area contributed by atoms with Crippen LogP contribution in [0.1, 0.15) is 18.9 Å². The fraction of sp³-hybridized carbons (Fsp3) is 0.500. The number of nitrogens with zero attached hydrogens (tertiary/aromatic N) is 1. The van der Waals surface area contributed by atoms with Crippen LogP contribution in [0.15, 0.2) is 29.2 Å². The van der Waals surface area contributed by atoms with Crippen molar-refractivity contribution in [2.75, 3.05) is 20.4 Å². The predicted octanol–water partition coefficient (Wildman–Crippen LogP) is 1.05. The lowest BCUT2D eigenvalue weighted by Gasteiger charge is -2.24. The second kappa shape index (κ2) is 6.85. The number of sulfone groups is 1. The molecule has 1 aromatic carbocycles. The average Bonchev–Trinajstić information content (AvgIpc) is 2.38. The molecule has 0 saturated heterocycles. The summed E-state index contributed by atoms with van der Waals surface area (Å²) < 4.78 is 22.7. The van der Waals surface area contributed by atoms with Crippen LogP contribution in [0.25, 0.3) is 0 Å². The molecule has 6 heteroatoms. The molecule has 0 radical (unpaired) electrons. The highest BCUT2D eigenvalue weighted by atomic mass is 32.2. The van der Waals surface area contributed by atoms with Gasteiger partial charge in [-0.2, -0.15) is 0 Å². The van der Waals surface area contributed by atoms with Crippen molar-refractivity contribution in [3.05, 3.63) is 29.8 Å². The van der Waals surface area contributed by atoms with Gasteiger partial charge in [-0.25, -0.2) is 8.42 Å². The lowest BCUT2D eigenvalue weighted by atomic mass is 10.1. The van der Waals surface area contributed by atoms with Gasteiger partial charge in [-0.05, 0) is 31.7 Å². The maximum Gasteiger partial charge on any atom is 0.221 e. The van der Waals surface area contributed by atoms with E-state index in [1.807, 2.05) is 14.0 Å². The van der Waals surface area contributed by atoms with Crippen molar-refractivity contribution in [1.29, 1.82) is 0 Å². The third-order valence-electron chi connectivity index (χ3n) is 3.30. The largest absolute Gasteiger partial charge is 0.359 e. The Kier molecular flexibility index (Phi) is 5.71. The second-order valence-corrected chi connectivity index (χ2v) is 7.07. The molecular formula is C14H22N2O3S. The minimum absolute atomic E-state index is 0.0109. The summed E-state index contributed by atoms with van der Waals surface area (Å²) in [6, 6.07) is 6.95. The Morgan fingerprint density at radius 2 is 1.85 bits per heavy atom. The van der Waals surface area contributed by atoms with Gasteiger partial charge in [0.15, 0.2) is 9.84 Å². The Balaban J connectivity index is 2.67. The van der Waals surface area contributed by atoms with Crippen molar-refractivity contribution in [3.63, 3.8) is 0 Å². The van der Waals surface area contributed by atoms with E-state index >= 15 is 0 Å². The molecule has 1 aromatic rings. The molecule has 5 nitrogen and oxygen atoms in total. The van der Waals surface area contributed by atoms with Crippen LogP contribution in [0.2, 0.25) is 0 Å². The quantitative estimate of drug-likeness (QED) is 0.852. The molecule has 1 unspecified atom stereocenters. The van der Waals surface area contributed by atoms with E-state index in [-0.39, 0.29) is 11.9 Å². The van der Waals surface area contributed by atoms with Gasteiger partial charge in [-0.15, -0.1) is 0 Å². The summed E-state index contributed by atoms with van der Waals surface area (Å²) in [4.78, 5) is 13.7. The highest BCUT2D eigenvalue weighted by Crippen LogP contribution is 2.13. The number of nitrogens with one attached hydrogen (secondary N) is 1. The van der Waals surface area contributed by atoms with E-state index in [9.17, 15) is 13.2 Å². The van der Waals surface area contributed by atoms with Gasteiger partial charge in [0.05, 0.1) is 4.90 Å². The van der Waals surface area contributed by atoms with Crippen LogP contribution in [0, 0.1) is 0 Å². The number of carbonyl (C=O) groups is 1. The maximum absolute atomic E-state index is 11.4. The maximum atomic E-state index is 11.4. The van der Waals surface area contributed by atoms with Crippen LogP contribution in [0.5, 0.6) is 0 Å². The van der Waals surface area contributed by atoms with E-state index in [4.69, 9.17) is 0 Å². The number of hydrogen-bond acceptors (Lipinski definition) is 4. The Morgan fingerprint density at radius 1 is 1.30 bits per heavy atom. The molecule has 0 aliphatic carbocycles. The SMILES string of the molecule is CNC(=O)CC(C)N(C)Cc1ccc(S(C)(=O)=O)cc1. The topological polar surface area (TPSA) is 66.5 Å². The molecule has 1 atom stereocenters. The van der Waals surface area contributed by atoms with Gasteiger partial charge in [0.2, 0.25) is 5.91 Å². The van der Waals surface area contributed by atoms with Crippen LogP contribution in [0.3, 0.4) is 0 Å². The molecule has 1 rings (SSSR count). The number of amides is 1. The van der Waals surface area contributed by atoms with Crippen LogP contribution in [-0.2, 0) is 21.2 Å². The minimum atomic E-state index is -3.15. The number of rotatable bonds is 6. The smallest absolute Gasteiger partial charge is 0.221 e. The first kappa shape index (κ1) is 16.7. The number of carbonyl (C=O) groups excluding carboxylic acids is 1. The third kappa shape index (κ3) is 4.94. The van der Waals surface area contributed by atoms with Crippen LogP contribution < -0.4 is 5.32 Å². The summed E-state index contributed by atoms with van der Waals surface area (Å²) in [6.45, 7) is 2.66. The third-order valence-corrected chi connectivity index (χ3v) is 4.42. The highest BCUT2D eigenvalue weighted by molar-refractivity contribution is 7.90. The van der Waals surface area contributed by atoms with Crippen molar-refractivity contribution < 1.29 is 13.2 Å². The number of benzene rings is 1. The molecule has 0 aliphatic rings. The first-order valence-corrected chi connectivity index (χ1v) is 8.33. The molecule has 0 spiro atoms. The zero-order valence-corrected chi connectivity index (χ0v) is 13.2. The molecule has 1 N–H and O–H groups in total. The molecule has 1 amide bonds. The lowest BCUT2D eigenvalue weighted by Crippen LogP contribution is -2.33. The van der Waals surface area contributed by atoms with Gasteiger partial charge >= 0.3 is 0 Å². The first-order valence-electron chi connectivity index (χ1n) is 6.44. The monoisotopic (exact) mass is 298 g/mol. The van der Waals surface area contributed by atoms with Crippen molar-refractivity contribution >= 4 is 15.7 Å². The summed E-state index contributed by atoms with van der Waals surface area (Å²) in [7, 11) is 0.416. The minimum Gasteiger partial charge on any atom is -0.359 e. The van der Waals surface area contributed by atoms with Crippen molar-refractivity contribution in [2.24, 2.45) is 0 Å². The highest BCUT2D eigenvalue weighted by Gasteiger charge is 2.13. The second-order valence-electron chi connectivity index (χ2n) is 5.06. The lowest BCUT2D eigenvalue weighted by molar-refractivity contribution is -0.121. The van der Waals surface area contributed by atoms with Gasteiger partial charge < -0.3 is 5.32 Å². The van der Waals surface area contributed by atoms with E-state index in [0.717, 1.165) is 5.56 Å². The van der Waals surface area contributed by atoms with Crippen molar-refractivity contribution in [3.8, 4) is 0 Å². The zero-order chi connectivity index (χ0) is 15.3. The fourth-order valence-corrected chi connectivity index (χ4v) is 2.44. The summed E-state index contributed by atoms with van der Waals surface area (Å²) in [5.41, 5.74) is 1.02. The summed E-state index contributed by atoms with van der Waals surface area (Å²) in [5.74, 6) is 0.0109. The zero-order valence-electron chi connectivity index (χ0n) is 12.4. The van der Waals surface area contributed by atoms with Gasteiger partial charge in [0.25, 0.3) is 0 Å². The number of hydrogen-bond donors (Lipinski definition) is 1. The molecule has 0 aromatic heterocycles. The summed E-state index contributed by atoms with van der Waals surface area (Å²) >= 11 is 0. The molecule has 0 saturated carbocycles. The van der Waals surface area contributed by atoms with Gasteiger partial charge in [0.1, 0.15) is 0 Å². The fourth-order valence-electron chi connectivity index (χ4n) is 1.81. The van der Waals surface area contributed by atoms with Crippen LogP contribution >= 0.6 is 0 Å². The summed E-state index contributed by atoms with van der Waals surface area (Å²) in [5, 5.41) is 2.61. The standard InChI is InChI=1S/C14H22N2O3S/c1-11(9-14(17)15-2)16(3)10-12-5-7-13(8-6-12)20(4,18)19/h5-8,11H,9-10H2,1-4H3,(H,15,17). The Labute approximate surface area is 120 Å². The molecule has 112 valence electrons. The van der Waals surface area contributed by atoms with Crippen LogP contribution in [-0.4, -0.2) is 45.6 Å². The predicted molar refractivity (Wildman–Crippen MR) is 79.2 cm³/mol. The molecule has 0 aliphatic heterocycles. The van der Waals surface area contributed by atoms with Gasteiger partial charge in [-0.3, -0.25) is 9.69 Å². The molecule has 20 heavy (non-hydrogen) atoms. The first-order chi connectivity index (χ1) is 9.24. The van der Waals surface area contributed by atoms with Gasteiger partial charge in [0, 0.05) is 32.3 Å². The molecule has 0 heterocycles. The van der Waals surface area contributed by atoms with E-state index in [2.05, 4.69) is 10.2 Å². The van der Waals surface area contributed by atoms with E-state index in [1.165, 1.54) is 6.26 Å². The molecular weight excluding hydrogens is 276 g/mol. The van der Waals surface area contributed by atoms with Crippen molar-refractivity contribution in [1.82, 2.24) is 10.2 Å². The van der Waals surface area contributed by atoms with E-state index in [0.29, 0.717) is 17.9 Å². The normalized spacial score (nSPS) is 13.2. The summed E-state index contributed by atoms with van der Waals surface area (Å²) in [6.07, 6.45) is 1.63. The van der Waals surface area contributed by atoms with Crippen LogP contribution in [0.4, 0.5) is 0 Å². The molecule has 0 fully saturated rings. The average molecular weight is 298 g/mol. The molecule has 0 bridgehead atoms. The van der Waals surface area contributed by atoms with E-state index < -0.39 is 9.84 Å². The van der Waals surface area contributed by atoms with Gasteiger partial charge in [-0.1, -0.05) is 12.1 Å². The Bertz CT molecular complexity index is 552. The Morgan fingerprint density at radius 3 is 2.30 bits per heavy atom. The van der Waals surface area contributed by atoms with E-state index in [1.54, 1.807) is 31.3 Å².